The average Bonchev–Trinajstić information content (AvgIpc) is 2.46. The molecule has 0 saturated carbocycles. The molecule has 1 aromatic rings. The third kappa shape index (κ3) is 2.57. The predicted molar refractivity (Wildman–Crippen MR) is 64.3 cm³/mol. The quantitative estimate of drug-likeness (QED) is 0.743. The van der Waals surface area contributed by atoms with Crippen LogP contribution >= 0.6 is 0 Å². The highest BCUT2D eigenvalue weighted by molar-refractivity contribution is 5.92. The Labute approximate surface area is 105 Å². The highest BCUT2D eigenvalue weighted by Gasteiger charge is 2.28. The van der Waals surface area contributed by atoms with E-state index in [0.717, 1.165) is 0 Å². The Balaban J connectivity index is 2.13. The first-order chi connectivity index (χ1) is 8.76. The van der Waals surface area contributed by atoms with Gasteiger partial charge in [-0.1, -0.05) is 0 Å². The lowest BCUT2D eigenvalue weighted by atomic mass is 10.2. The third-order valence-corrected chi connectivity index (χ3v) is 2.83. The molecule has 0 aliphatic carbocycles. The molecule has 1 aliphatic heterocycles. The molecule has 1 fully saturated rings. The fourth-order valence-electron chi connectivity index (χ4n) is 1.79. The van der Waals surface area contributed by atoms with E-state index in [4.69, 9.17) is 4.74 Å². The lowest BCUT2D eigenvalue weighted by Gasteiger charge is -2.34. The summed E-state index contributed by atoms with van der Waals surface area (Å²) < 4.78 is 5.23. The molecule has 0 radical (unpaired) electrons. The van der Waals surface area contributed by atoms with Crippen LogP contribution in [0.2, 0.25) is 0 Å². The molecule has 0 bridgehead atoms. The molecule has 1 aromatic heterocycles. The molecule has 1 aliphatic rings. The van der Waals surface area contributed by atoms with Crippen LogP contribution in [0.4, 0.5) is 5.82 Å². The fourth-order valence-corrected chi connectivity index (χ4v) is 1.79. The van der Waals surface area contributed by atoms with E-state index in [-0.39, 0.29) is 24.2 Å². The van der Waals surface area contributed by atoms with E-state index in [1.807, 2.05) is 0 Å². The smallest absolute Gasteiger partial charge is 0.274 e. The summed E-state index contributed by atoms with van der Waals surface area (Å²) in [6, 6.07) is -0.308. The van der Waals surface area contributed by atoms with Crippen LogP contribution < -0.4 is 5.32 Å². The Morgan fingerprint density at radius 1 is 1.61 bits per heavy atom. The Morgan fingerprint density at radius 2 is 2.44 bits per heavy atom. The molecule has 18 heavy (non-hydrogen) atoms. The molecule has 2 N–H and O–H groups in total. The number of aliphatic hydroxyl groups is 1. The van der Waals surface area contributed by atoms with Crippen molar-refractivity contribution in [3.63, 3.8) is 0 Å². The van der Waals surface area contributed by atoms with E-state index in [0.29, 0.717) is 25.6 Å². The van der Waals surface area contributed by atoms with Gasteiger partial charge in [0.05, 0.1) is 38.3 Å². The summed E-state index contributed by atoms with van der Waals surface area (Å²) in [4.78, 5) is 21.9. The largest absolute Gasteiger partial charge is 0.394 e. The van der Waals surface area contributed by atoms with Gasteiger partial charge in [-0.2, -0.15) is 0 Å². The zero-order valence-electron chi connectivity index (χ0n) is 10.2. The summed E-state index contributed by atoms with van der Waals surface area (Å²) in [5.74, 6) is 0.375. The first-order valence-corrected chi connectivity index (χ1v) is 5.75. The zero-order valence-corrected chi connectivity index (χ0v) is 10.2. The van der Waals surface area contributed by atoms with Crippen molar-refractivity contribution in [1.29, 1.82) is 0 Å². The number of aliphatic hydroxyl groups excluding tert-OH is 1. The number of amides is 1. The number of hydrogen-bond donors (Lipinski definition) is 2. The summed E-state index contributed by atoms with van der Waals surface area (Å²) in [7, 11) is 1.73. The van der Waals surface area contributed by atoms with Crippen LogP contribution in [0, 0.1) is 0 Å². The molecule has 2 rings (SSSR count). The second-order valence-electron chi connectivity index (χ2n) is 3.95. The van der Waals surface area contributed by atoms with Crippen LogP contribution in [0.5, 0.6) is 0 Å². The molecule has 98 valence electrons. The standard InChI is InChI=1S/C11H16N4O3/c1-12-10-5-13-9(4-14-10)11(17)15-2-3-18-7-8(15)6-16/h4-5,8,16H,2-3,6-7H2,1H3,(H,12,14). The van der Waals surface area contributed by atoms with Gasteiger partial charge in [-0.15, -0.1) is 0 Å². The van der Waals surface area contributed by atoms with Gasteiger partial charge in [0.2, 0.25) is 0 Å². The summed E-state index contributed by atoms with van der Waals surface area (Å²) >= 11 is 0. The predicted octanol–water partition coefficient (Wildman–Crippen LogP) is -0.648. The summed E-state index contributed by atoms with van der Waals surface area (Å²) in [6.45, 7) is 1.17. The normalized spacial score (nSPS) is 19.7. The Hall–Kier alpha value is -1.73. The molecule has 1 atom stereocenters. The van der Waals surface area contributed by atoms with Gasteiger partial charge in [-0.3, -0.25) is 4.79 Å². The molecule has 7 heteroatoms. The van der Waals surface area contributed by atoms with Crippen molar-refractivity contribution < 1.29 is 14.6 Å². The van der Waals surface area contributed by atoms with Crippen molar-refractivity contribution in [1.82, 2.24) is 14.9 Å². The molecule has 1 amide bonds. The highest BCUT2D eigenvalue weighted by atomic mass is 16.5. The maximum Gasteiger partial charge on any atom is 0.274 e. The number of aromatic nitrogens is 2. The summed E-state index contributed by atoms with van der Waals surface area (Å²) in [5.41, 5.74) is 0.273. The van der Waals surface area contributed by atoms with Gasteiger partial charge in [0, 0.05) is 13.6 Å². The van der Waals surface area contributed by atoms with Crippen LogP contribution in [0.3, 0.4) is 0 Å². The van der Waals surface area contributed by atoms with Gasteiger partial charge in [-0.25, -0.2) is 9.97 Å². The lowest BCUT2D eigenvalue weighted by molar-refractivity contribution is -0.0186. The van der Waals surface area contributed by atoms with Crippen molar-refractivity contribution in [2.75, 3.05) is 38.7 Å². The Morgan fingerprint density at radius 3 is 3.06 bits per heavy atom. The summed E-state index contributed by atoms with van der Waals surface area (Å²) in [6.07, 6.45) is 2.93. The van der Waals surface area contributed by atoms with Crippen LogP contribution in [-0.2, 0) is 4.74 Å². The minimum Gasteiger partial charge on any atom is -0.394 e. The van der Waals surface area contributed by atoms with Gasteiger partial charge in [0.25, 0.3) is 5.91 Å². The Kier molecular flexibility index (Phi) is 4.06. The van der Waals surface area contributed by atoms with Crippen LogP contribution in [-0.4, -0.2) is 65.3 Å². The monoisotopic (exact) mass is 252 g/mol. The number of anilines is 1. The van der Waals surface area contributed by atoms with Gasteiger partial charge < -0.3 is 20.1 Å². The molecule has 0 aromatic carbocycles. The number of hydrogen-bond acceptors (Lipinski definition) is 6. The number of nitrogens with zero attached hydrogens (tertiary/aromatic N) is 3. The van der Waals surface area contributed by atoms with Gasteiger partial charge >= 0.3 is 0 Å². The molecular weight excluding hydrogens is 236 g/mol. The lowest BCUT2D eigenvalue weighted by Crippen LogP contribution is -2.50. The first-order valence-electron chi connectivity index (χ1n) is 5.75. The third-order valence-electron chi connectivity index (χ3n) is 2.83. The number of carbonyl (C=O) groups excluding carboxylic acids is 1. The number of nitrogens with one attached hydrogen (secondary N) is 1. The number of rotatable bonds is 3. The highest BCUT2D eigenvalue weighted by Crippen LogP contribution is 2.11. The van der Waals surface area contributed by atoms with E-state index in [1.165, 1.54) is 12.4 Å². The SMILES string of the molecule is CNc1cnc(C(=O)N2CCOCC2CO)cn1. The van der Waals surface area contributed by atoms with Crippen LogP contribution in [0.15, 0.2) is 12.4 Å². The Bertz CT molecular complexity index is 409. The maximum absolute atomic E-state index is 12.2. The maximum atomic E-state index is 12.2. The molecule has 0 spiro atoms. The molecule has 2 heterocycles. The van der Waals surface area contributed by atoms with E-state index in [1.54, 1.807) is 11.9 Å². The molecular formula is C11H16N4O3. The van der Waals surface area contributed by atoms with Gasteiger partial charge in [0.1, 0.15) is 11.5 Å². The average molecular weight is 252 g/mol. The van der Waals surface area contributed by atoms with E-state index < -0.39 is 0 Å². The minimum atomic E-state index is -0.308. The minimum absolute atomic E-state index is 0.117. The van der Waals surface area contributed by atoms with Gasteiger partial charge in [0.15, 0.2) is 0 Å². The molecule has 1 unspecified atom stereocenters. The van der Waals surface area contributed by atoms with Crippen molar-refractivity contribution in [2.24, 2.45) is 0 Å². The van der Waals surface area contributed by atoms with Crippen LogP contribution in [0.25, 0.3) is 0 Å². The van der Waals surface area contributed by atoms with Gasteiger partial charge in [-0.05, 0) is 0 Å². The number of ether oxygens (including phenoxy) is 1. The van der Waals surface area contributed by atoms with E-state index >= 15 is 0 Å². The topological polar surface area (TPSA) is 87.6 Å². The molecule has 1 saturated heterocycles. The van der Waals surface area contributed by atoms with E-state index in [9.17, 15) is 9.90 Å². The van der Waals surface area contributed by atoms with Crippen molar-refractivity contribution >= 4 is 11.7 Å². The van der Waals surface area contributed by atoms with Crippen molar-refractivity contribution in [2.45, 2.75) is 6.04 Å². The van der Waals surface area contributed by atoms with Crippen molar-refractivity contribution in [3.8, 4) is 0 Å². The molecule has 7 nitrogen and oxygen atoms in total. The van der Waals surface area contributed by atoms with E-state index in [2.05, 4.69) is 15.3 Å². The second kappa shape index (κ2) is 5.74. The van der Waals surface area contributed by atoms with Crippen LogP contribution in [0.1, 0.15) is 10.5 Å². The fraction of sp³-hybridized carbons (Fsp3) is 0.545. The number of morpholine rings is 1. The zero-order chi connectivity index (χ0) is 13.0. The van der Waals surface area contributed by atoms with Crippen molar-refractivity contribution in [3.05, 3.63) is 18.1 Å². The first kappa shape index (κ1) is 12.7. The summed E-state index contributed by atoms with van der Waals surface area (Å²) in [5, 5.41) is 12.1. The number of carbonyl (C=O) groups is 1. The second-order valence-corrected chi connectivity index (χ2v) is 3.95.